The van der Waals surface area contributed by atoms with Gasteiger partial charge in [-0.2, -0.15) is 0 Å². The molecule has 0 spiro atoms. The molecule has 2 aromatic carbocycles. The molecule has 2 N–H and O–H groups in total. The number of thioether (sulfide) groups is 1. The molecule has 2 rings (SSSR count). The smallest absolute Gasteiger partial charge is 0.283 e. The van der Waals surface area contributed by atoms with Crippen molar-refractivity contribution < 1.29 is 14.5 Å². The normalized spacial score (nSPS) is 10.6. The van der Waals surface area contributed by atoms with Gasteiger partial charge < -0.3 is 10.6 Å². The molecule has 0 bridgehead atoms. The molecule has 8 heteroatoms. The summed E-state index contributed by atoms with van der Waals surface area (Å²) in [6.07, 6.45) is 0.950. The van der Waals surface area contributed by atoms with Crippen LogP contribution in [-0.2, 0) is 0 Å². The Morgan fingerprint density at radius 2 is 1.82 bits per heavy atom. The molecular weight excluding hydrogens is 378 g/mol. The van der Waals surface area contributed by atoms with Crippen LogP contribution in [0, 0.1) is 16.0 Å². The number of rotatable bonds is 8. The predicted molar refractivity (Wildman–Crippen MR) is 111 cm³/mol. The molecule has 148 valence electrons. The van der Waals surface area contributed by atoms with Gasteiger partial charge in [-0.3, -0.25) is 19.7 Å². The largest absolute Gasteiger partial charge is 0.355 e. The minimum Gasteiger partial charge on any atom is -0.355 e. The Morgan fingerprint density at radius 1 is 1.11 bits per heavy atom. The lowest BCUT2D eigenvalue weighted by Gasteiger charge is -2.09. The predicted octanol–water partition coefficient (Wildman–Crippen LogP) is 4.34. The number of carbonyl (C=O) groups is 2. The summed E-state index contributed by atoms with van der Waals surface area (Å²) in [7, 11) is 1.52. The van der Waals surface area contributed by atoms with Gasteiger partial charge in [0.1, 0.15) is 0 Å². The van der Waals surface area contributed by atoms with Gasteiger partial charge >= 0.3 is 0 Å². The summed E-state index contributed by atoms with van der Waals surface area (Å²) in [5.41, 5.74) is 0.943. The molecule has 0 aliphatic rings. The zero-order valence-electron chi connectivity index (χ0n) is 16.0. The Balaban J connectivity index is 2.18. The van der Waals surface area contributed by atoms with Gasteiger partial charge in [-0.25, -0.2) is 0 Å². The van der Waals surface area contributed by atoms with E-state index < -0.39 is 10.8 Å². The van der Waals surface area contributed by atoms with E-state index >= 15 is 0 Å². The highest BCUT2D eigenvalue weighted by molar-refractivity contribution is 7.99. The Hall–Kier alpha value is -2.87. The number of carbonyl (C=O) groups excluding carboxylic acids is 2. The molecule has 0 saturated heterocycles. The van der Waals surface area contributed by atoms with Crippen molar-refractivity contribution in [3.63, 3.8) is 0 Å². The summed E-state index contributed by atoms with van der Waals surface area (Å²) in [6.45, 7) is 4.20. The number of nitrogens with zero attached hydrogens (tertiary/aromatic N) is 1. The molecule has 28 heavy (non-hydrogen) atoms. The molecule has 0 atom stereocenters. The number of hydrogen-bond donors (Lipinski definition) is 2. The minimum absolute atomic E-state index is 0.0829. The van der Waals surface area contributed by atoms with E-state index in [2.05, 4.69) is 24.5 Å². The first kappa shape index (κ1) is 21.4. The number of hydrogen-bond acceptors (Lipinski definition) is 5. The second-order valence-corrected chi connectivity index (χ2v) is 7.72. The standard InChI is InChI=1S/C20H23N3O4S/c1-13(2)9-10-28-18-8-7-15(12-17(18)23(26)27)20(25)22-16-6-4-5-14(11-16)19(24)21-3/h4-8,11-13H,9-10H2,1-3H3,(H,21,24)(H,22,25). The molecule has 0 heterocycles. The van der Waals surface area contributed by atoms with Crippen LogP contribution in [0.15, 0.2) is 47.4 Å². The monoisotopic (exact) mass is 401 g/mol. The summed E-state index contributed by atoms with van der Waals surface area (Å²) < 4.78 is 0. The van der Waals surface area contributed by atoms with Crippen LogP contribution in [0.1, 0.15) is 41.0 Å². The second-order valence-electron chi connectivity index (χ2n) is 6.58. The lowest BCUT2D eigenvalue weighted by atomic mass is 10.1. The van der Waals surface area contributed by atoms with Gasteiger partial charge in [0.05, 0.1) is 9.82 Å². The van der Waals surface area contributed by atoms with Crippen molar-refractivity contribution in [3.05, 3.63) is 63.7 Å². The lowest BCUT2D eigenvalue weighted by Crippen LogP contribution is -2.18. The van der Waals surface area contributed by atoms with E-state index in [0.717, 1.165) is 12.2 Å². The van der Waals surface area contributed by atoms with Crippen LogP contribution in [-0.4, -0.2) is 29.5 Å². The maximum atomic E-state index is 12.5. The SMILES string of the molecule is CNC(=O)c1cccc(NC(=O)c2ccc(SCCC(C)C)c([N+](=O)[O-])c2)c1. The third-order valence-corrected chi connectivity index (χ3v) is 5.08. The summed E-state index contributed by atoms with van der Waals surface area (Å²) >= 11 is 1.42. The summed E-state index contributed by atoms with van der Waals surface area (Å²) in [6, 6.07) is 10.9. The van der Waals surface area contributed by atoms with Crippen LogP contribution in [0.4, 0.5) is 11.4 Å². The Labute approximate surface area is 168 Å². The molecule has 0 aliphatic heterocycles. The molecular formula is C20H23N3O4S. The zero-order valence-corrected chi connectivity index (χ0v) is 16.8. The molecule has 0 radical (unpaired) electrons. The number of anilines is 1. The van der Waals surface area contributed by atoms with Crippen LogP contribution in [0.5, 0.6) is 0 Å². The fourth-order valence-corrected chi connectivity index (χ4v) is 3.67. The van der Waals surface area contributed by atoms with Gasteiger partial charge in [-0.05, 0) is 48.4 Å². The lowest BCUT2D eigenvalue weighted by molar-refractivity contribution is -0.387. The van der Waals surface area contributed by atoms with Gasteiger partial charge in [0.25, 0.3) is 17.5 Å². The van der Waals surface area contributed by atoms with Crippen LogP contribution in [0.25, 0.3) is 0 Å². The number of amides is 2. The van der Waals surface area contributed by atoms with Crippen molar-refractivity contribution in [2.45, 2.75) is 25.2 Å². The quantitative estimate of drug-likeness (QED) is 0.389. The maximum absolute atomic E-state index is 12.5. The zero-order chi connectivity index (χ0) is 20.7. The minimum atomic E-state index is -0.476. The fourth-order valence-electron chi connectivity index (χ4n) is 2.41. The van der Waals surface area contributed by atoms with E-state index in [0.29, 0.717) is 22.1 Å². The topological polar surface area (TPSA) is 101 Å². The Kier molecular flexibility index (Phi) is 7.57. The molecule has 7 nitrogen and oxygen atoms in total. The van der Waals surface area contributed by atoms with Crippen molar-refractivity contribution in [1.82, 2.24) is 5.32 Å². The first-order valence-corrected chi connectivity index (χ1v) is 9.85. The first-order chi connectivity index (χ1) is 13.3. The second kappa shape index (κ2) is 9.89. The number of nitro groups is 1. The van der Waals surface area contributed by atoms with E-state index in [-0.39, 0.29) is 17.2 Å². The molecule has 2 aromatic rings. The van der Waals surface area contributed by atoms with E-state index in [1.807, 2.05) is 0 Å². The maximum Gasteiger partial charge on any atom is 0.283 e. The van der Waals surface area contributed by atoms with Gasteiger partial charge in [0, 0.05) is 29.9 Å². The van der Waals surface area contributed by atoms with Crippen molar-refractivity contribution in [2.24, 2.45) is 5.92 Å². The molecule has 0 saturated carbocycles. The highest BCUT2D eigenvalue weighted by atomic mass is 32.2. The third kappa shape index (κ3) is 5.82. The van der Waals surface area contributed by atoms with Gasteiger partial charge in [-0.1, -0.05) is 19.9 Å². The molecule has 0 fully saturated rings. The summed E-state index contributed by atoms with van der Waals surface area (Å²) in [5, 5.41) is 16.6. The van der Waals surface area contributed by atoms with Crippen molar-refractivity contribution in [3.8, 4) is 0 Å². The van der Waals surface area contributed by atoms with Gasteiger partial charge in [0.15, 0.2) is 0 Å². The highest BCUT2D eigenvalue weighted by Crippen LogP contribution is 2.31. The molecule has 0 unspecified atom stereocenters. The third-order valence-electron chi connectivity index (χ3n) is 3.98. The summed E-state index contributed by atoms with van der Waals surface area (Å²) in [4.78, 5) is 35.7. The average molecular weight is 401 g/mol. The van der Waals surface area contributed by atoms with E-state index in [1.54, 1.807) is 36.4 Å². The number of nitrogens with one attached hydrogen (secondary N) is 2. The van der Waals surface area contributed by atoms with Crippen LogP contribution < -0.4 is 10.6 Å². The van der Waals surface area contributed by atoms with Crippen molar-refractivity contribution in [1.29, 1.82) is 0 Å². The number of nitro benzene ring substituents is 1. The van der Waals surface area contributed by atoms with E-state index in [9.17, 15) is 19.7 Å². The number of benzene rings is 2. The molecule has 0 aliphatic carbocycles. The highest BCUT2D eigenvalue weighted by Gasteiger charge is 2.18. The first-order valence-electron chi connectivity index (χ1n) is 8.86. The van der Waals surface area contributed by atoms with Crippen LogP contribution in [0.3, 0.4) is 0 Å². The van der Waals surface area contributed by atoms with Crippen molar-refractivity contribution in [2.75, 3.05) is 18.1 Å². The Bertz CT molecular complexity index is 884. The van der Waals surface area contributed by atoms with Crippen LogP contribution in [0.2, 0.25) is 0 Å². The van der Waals surface area contributed by atoms with Gasteiger partial charge in [-0.15, -0.1) is 11.8 Å². The molecule has 2 amide bonds. The fraction of sp³-hybridized carbons (Fsp3) is 0.300. The molecule has 0 aromatic heterocycles. The van der Waals surface area contributed by atoms with Crippen molar-refractivity contribution >= 4 is 35.0 Å². The van der Waals surface area contributed by atoms with Gasteiger partial charge in [0.2, 0.25) is 0 Å². The summed E-state index contributed by atoms with van der Waals surface area (Å²) in [5.74, 6) is 0.545. The van der Waals surface area contributed by atoms with Crippen LogP contribution >= 0.6 is 11.8 Å². The Morgan fingerprint density at radius 3 is 2.46 bits per heavy atom. The van der Waals surface area contributed by atoms with E-state index in [1.165, 1.54) is 24.9 Å². The average Bonchev–Trinajstić information content (AvgIpc) is 2.67. The van der Waals surface area contributed by atoms with E-state index in [4.69, 9.17) is 0 Å².